The minimum Gasteiger partial charge on any atom is -0.336 e. The molecule has 1 fully saturated rings. The number of benzene rings is 1. The molecule has 1 aromatic rings. The molecular formula is C11H12ClN3O2. The molecule has 1 aromatic carbocycles. The van der Waals surface area contributed by atoms with E-state index in [2.05, 4.69) is 10.6 Å². The zero-order chi connectivity index (χ0) is 12.3. The number of nitrogens with one attached hydrogen (secondary N) is 2. The SMILES string of the molecule is O=C(CCl)Nc1ccc(N2CCNC2=O)cc1. The maximum absolute atomic E-state index is 11.4. The van der Waals surface area contributed by atoms with Crippen LogP contribution in [0.4, 0.5) is 16.2 Å². The van der Waals surface area contributed by atoms with Gasteiger partial charge in [0.15, 0.2) is 0 Å². The molecule has 0 aliphatic carbocycles. The van der Waals surface area contributed by atoms with Crippen LogP contribution >= 0.6 is 11.6 Å². The van der Waals surface area contributed by atoms with Crippen LogP contribution in [-0.2, 0) is 4.79 Å². The standard InChI is InChI=1S/C11H12ClN3O2/c12-7-10(16)14-8-1-3-9(4-2-8)15-6-5-13-11(15)17/h1-4H,5-7H2,(H,13,17)(H,14,16). The first-order valence-corrected chi connectivity index (χ1v) is 5.75. The van der Waals surface area contributed by atoms with Gasteiger partial charge in [0, 0.05) is 24.5 Å². The molecule has 0 radical (unpaired) electrons. The summed E-state index contributed by atoms with van der Waals surface area (Å²) in [5.74, 6) is -0.325. The highest BCUT2D eigenvalue weighted by molar-refractivity contribution is 6.29. The summed E-state index contributed by atoms with van der Waals surface area (Å²) < 4.78 is 0. The van der Waals surface area contributed by atoms with Crippen molar-refractivity contribution < 1.29 is 9.59 Å². The molecule has 0 unspecified atom stereocenters. The largest absolute Gasteiger partial charge is 0.336 e. The molecule has 1 saturated heterocycles. The number of rotatable bonds is 3. The number of alkyl halides is 1. The number of nitrogens with zero attached hydrogens (tertiary/aromatic N) is 1. The van der Waals surface area contributed by atoms with Gasteiger partial charge in [0.05, 0.1) is 0 Å². The molecule has 0 atom stereocenters. The van der Waals surface area contributed by atoms with Crippen LogP contribution in [0.25, 0.3) is 0 Å². The van der Waals surface area contributed by atoms with E-state index in [1.807, 2.05) is 0 Å². The first kappa shape index (κ1) is 11.7. The Balaban J connectivity index is 2.07. The molecular weight excluding hydrogens is 242 g/mol. The van der Waals surface area contributed by atoms with Gasteiger partial charge in [0.25, 0.3) is 0 Å². The number of halogens is 1. The smallest absolute Gasteiger partial charge is 0.321 e. The lowest BCUT2D eigenvalue weighted by Crippen LogP contribution is -2.27. The quantitative estimate of drug-likeness (QED) is 0.800. The lowest BCUT2D eigenvalue weighted by atomic mass is 10.2. The summed E-state index contributed by atoms with van der Waals surface area (Å²) in [5.41, 5.74) is 1.47. The topological polar surface area (TPSA) is 61.4 Å². The van der Waals surface area contributed by atoms with Gasteiger partial charge in [0.2, 0.25) is 5.91 Å². The molecule has 17 heavy (non-hydrogen) atoms. The Morgan fingerprint density at radius 2 is 2.12 bits per heavy atom. The Morgan fingerprint density at radius 1 is 1.41 bits per heavy atom. The lowest BCUT2D eigenvalue weighted by molar-refractivity contribution is -0.113. The average molecular weight is 254 g/mol. The molecule has 2 rings (SSSR count). The Morgan fingerprint density at radius 3 is 2.65 bits per heavy atom. The normalized spacial score (nSPS) is 14.6. The van der Waals surface area contributed by atoms with Crippen molar-refractivity contribution in [2.24, 2.45) is 0 Å². The number of carbonyl (C=O) groups is 2. The molecule has 0 spiro atoms. The summed E-state index contributed by atoms with van der Waals surface area (Å²) in [6.07, 6.45) is 0. The minimum absolute atomic E-state index is 0.0731. The highest BCUT2D eigenvalue weighted by Gasteiger charge is 2.20. The van der Waals surface area contributed by atoms with Crippen LogP contribution in [-0.4, -0.2) is 30.9 Å². The Labute approximate surface area is 104 Å². The van der Waals surface area contributed by atoms with E-state index < -0.39 is 0 Å². The first-order valence-electron chi connectivity index (χ1n) is 5.22. The van der Waals surface area contributed by atoms with Crippen molar-refractivity contribution in [2.75, 3.05) is 29.2 Å². The van der Waals surface area contributed by atoms with Crippen molar-refractivity contribution in [3.8, 4) is 0 Å². The zero-order valence-corrected chi connectivity index (χ0v) is 9.83. The summed E-state index contributed by atoms with van der Waals surface area (Å²) >= 11 is 5.38. The fourth-order valence-corrected chi connectivity index (χ4v) is 1.70. The van der Waals surface area contributed by atoms with Crippen molar-refractivity contribution in [2.45, 2.75) is 0 Å². The van der Waals surface area contributed by atoms with E-state index in [-0.39, 0.29) is 17.8 Å². The van der Waals surface area contributed by atoms with Gasteiger partial charge in [-0.1, -0.05) is 0 Å². The fraction of sp³-hybridized carbons (Fsp3) is 0.273. The summed E-state index contributed by atoms with van der Waals surface area (Å²) in [7, 11) is 0. The van der Waals surface area contributed by atoms with E-state index in [1.54, 1.807) is 29.2 Å². The van der Waals surface area contributed by atoms with Crippen molar-refractivity contribution in [3.05, 3.63) is 24.3 Å². The predicted octanol–water partition coefficient (Wildman–Crippen LogP) is 1.39. The van der Waals surface area contributed by atoms with Crippen molar-refractivity contribution >= 4 is 34.9 Å². The van der Waals surface area contributed by atoms with Gasteiger partial charge in [-0.15, -0.1) is 11.6 Å². The fourth-order valence-electron chi connectivity index (χ4n) is 1.64. The number of hydrogen-bond donors (Lipinski definition) is 2. The monoisotopic (exact) mass is 253 g/mol. The molecule has 5 nitrogen and oxygen atoms in total. The van der Waals surface area contributed by atoms with Crippen molar-refractivity contribution in [1.82, 2.24) is 5.32 Å². The lowest BCUT2D eigenvalue weighted by Gasteiger charge is -2.14. The molecule has 0 aromatic heterocycles. The van der Waals surface area contributed by atoms with E-state index in [4.69, 9.17) is 11.6 Å². The van der Waals surface area contributed by atoms with E-state index in [0.29, 0.717) is 18.8 Å². The Bertz CT molecular complexity index is 433. The van der Waals surface area contributed by atoms with Crippen LogP contribution in [0.5, 0.6) is 0 Å². The third-order valence-electron chi connectivity index (χ3n) is 2.44. The Kier molecular flexibility index (Phi) is 3.49. The van der Waals surface area contributed by atoms with Gasteiger partial charge in [-0.3, -0.25) is 9.69 Å². The van der Waals surface area contributed by atoms with E-state index in [9.17, 15) is 9.59 Å². The molecule has 6 heteroatoms. The van der Waals surface area contributed by atoms with Crippen LogP contribution in [0.2, 0.25) is 0 Å². The molecule has 3 amide bonds. The van der Waals surface area contributed by atoms with Gasteiger partial charge in [-0.05, 0) is 24.3 Å². The number of anilines is 2. The van der Waals surface area contributed by atoms with Gasteiger partial charge in [-0.2, -0.15) is 0 Å². The summed E-state index contributed by atoms with van der Waals surface area (Å²) in [4.78, 5) is 24.1. The van der Waals surface area contributed by atoms with Crippen LogP contribution in [0.1, 0.15) is 0 Å². The average Bonchev–Trinajstić information content (AvgIpc) is 2.76. The molecule has 2 N–H and O–H groups in total. The Hall–Kier alpha value is -1.75. The van der Waals surface area contributed by atoms with Gasteiger partial charge >= 0.3 is 6.03 Å². The first-order chi connectivity index (χ1) is 8.20. The second-order valence-corrected chi connectivity index (χ2v) is 3.88. The third-order valence-corrected chi connectivity index (χ3v) is 2.68. The maximum Gasteiger partial charge on any atom is 0.321 e. The molecule has 1 aliphatic rings. The molecule has 1 aliphatic heterocycles. The second kappa shape index (κ2) is 5.05. The van der Waals surface area contributed by atoms with Crippen LogP contribution in [0, 0.1) is 0 Å². The number of urea groups is 1. The van der Waals surface area contributed by atoms with Gasteiger partial charge < -0.3 is 10.6 Å². The van der Waals surface area contributed by atoms with Crippen LogP contribution < -0.4 is 15.5 Å². The zero-order valence-electron chi connectivity index (χ0n) is 9.07. The number of carbonyl (C=O) groups excluding carboxylic acids is 2. The van der Waals surface area contributed by atoms with Crippen molar-refractivity contribution in [1.29, 1.82) is 0 Å². The predicted molar refractivity (Wildman–Crippen MR) is 66.5 cm³/mol. The molecule has 1 heterocycles. The number of hydrogen-bond acceptors (Lipinski definition) is 2. The maximum atomic E-state index is 11.4. The second-order valence-electron chi connectivity index (χ2n) is 3.61. The highest BCUT2D eigenvalue weighted by Crippen LogP contribution is 2.19. The van der Waals surface area contributed by atoms with E-state index >= 15 is 0 Å². The highest BCUT2D eigenvalue weighted by atomic mass is 35.5. The number of amides is 3. The molecule has 0 bridgehead atoms. The molecule has 90 valence electrons. The summed E-state index contributed by atoms with van der Waals surface area (Å²) in [5, 5.41) is 5.35. The molecule has 0 saturated carbocycles. The van der Waals surface area contributed by atoms with Crippen LogP contribution in [0.15, 0.2) is 24.3 Å². The summed E-state index contributed by atoms with van der Waals surface area (Å²) in [6, 6.07) is 6.96. The summed E-state index contributed by atoms with van der Waals surface area (Å²) in [6.45, 7) is 1.32. The van der Waals surface area contributed by atoms with Crippen LogP contribution in [0.3, 0.4) is 0 Å². The van der Waals surface area contributed by atoms with Crippen molar-refractivity contribution in [3.63, 3.8) is 0 Å². The third kappa shape index (κ3) is 2.68. The minimum atomic E-state index is -0.252. The van der Waals surface area contributed by atoms with Gasteiger partial charge in [-0.25, -0.2) is 4.79 Å². The van der Waals surface area contributed by atoms with Gasteiger partial charge in [0.1, 0.15) is 5.88 Å². The van der Waals surface area contributed by atoms with E-state index in [0.717, 1.165) is 5.69 Å². The van der Waals surface area contributed by atoms with E-state index in [1.165, 1.54) is 0 Å².